The predicted octanol–water partition coefficient (Wildman–Crippen LogP) is 8.47. The molecule has 2 aromatic heterocycles. The van der Waals surface area contributed by atoms with Crippen molar-refractivity contribution >= 4 is 17.3 Å². The van der Waals surface area contributed by atoms with E-state index in [0.29, 0.717) is 41.6 Å². The van der Waals surface area contributed by atoms with Gasteiger partial charge in [-0.05, 0) is 59.7 Å². The highest BCUT2D eigenvalue weighted by atomic mass is 32.1. The van der Waals surface area contributed by atoms with Crippen molar-refractivity contribution in [2.45, 2.75) is 52.7 Å². The molecule has 3 heterocycles. The van der Waals surface area contributed by atoms with Crippen LogP contribution in [-0.4, -0.2) is 40.8 Å². The minimum absolute atomic E-state index is 0.0962. The summed E-state index contributed by atoms with van der Waals surface area (Å²) >= 11 is 1.64. The molecule has 0 unspecified atom stereocenters. The Morgan fingerprint density at radius 2 is 1.58 bits per heavy atom. The van der Waals surface area contributed by atoms with Gasteiger partial charge in [0, 0.05) is 28.9 Å². The van der Waals surface area contributed by atoms with Crippen LogP contribution in [0.4, 0.5) is 0 Å². The first-order chi connectivity index (χ1) is 21.9. The zero-order chi connectivity index (χ0) is 31.3. The second-order valence-electron chi connectivity index (χ2n) is 11.6. The number of carbonyl (C=O) groups is 1. The topological polar surface area (TPSA) is 85.0 Å². The third kappa shape index (κ3) is 6.82. The number of likely N-dealkylation sites (N-methyl/N-ethyl adjacent to an activating group) is 1. The summed E-state index contributed by atoms with van der Waals surface area (Å²) < 4.78 is 18.8. The SMILES string of the molecule is CCN1CCc2cc(-c3c(C(=O)O)noc3-c3cc(C(C)C)c(OCc4ccccc4)cc3OCc3ccccc3)sc2CC1. The van der Waals surface area contributed by atoms with E-state index in [0.717, 1.165) is 54.0 Å². The van der Waals surface area contributed by atoms with E-state index in [1.165, 1.54) is 10.4 Å². The Kier molecular flexibility index (Phi) is 9.33. The van der Waals surface area contributed by atoms with Crippen molar-refractivity contribution in [2.75, 3.05) is 19.6 Å². The summed E-state index contributed by atoms with van der Waals surface area (Å²) in [6.07, 6.45) is 1.87. The van der Waals surface area contributed by atoms with E-state index in [-0.39, 0.29) is 11.6 Å². The maximum absolute atomic E-state index is 12.5. The van der Waals surface area contributed by atoms with Crippen molar-refractivity contribution in [1.82, 2.24) is 10.1 Å². The Balaban J connectivity index is 1.45. The number of benzene rings is 3. The molecule has 232 valence electrons. The number of aromatic carboxylic acids is 1. The van der Waals surface area contributed by atoms with Gasteiger partial charge in [0.2, 0.25) is 5.69 Å². The summed E-state index contributed by atoms with van der Waals surface area (Å²) in [6.45, 7) is 10.1. The summed E-state index contributed by atoms with van der Waals surface area (Å²) in [7, 11) is 0. The number of ether oxygens (including phenoxy) is 2. The number of nitrogens with zero attached hydrogens (tertiary/aromatic N) is 2. The lowest BCUT2D eigenvalue weighted by Crippen LogP contribution is -2.25. The van der Waals surface area contributed by atoms with Crippen molar-refractivity contribution in [3.8, 4) is 33.3 Å². The van der Waals surface area contributed by atoms with E-state index >= 15 is 0 Å². The third-order valence-electron chi connectivity index (χ3n) is 8.29. The second kappa shape index (κ2) is 13.7. The highest BCUT2D eigenvalue weighted by Gasteiger charge is 2.30. The van der Waals surface area contributed by atoms with Crippen LogP contribution in [-0.2, 0) is 26.1 Å². The van der Waals surface area contributed by atoms with E-state index in [4.69, 9.17) is 14.0 Å². The third-order valence-corrected chi connectivity index (χ3v) is 9.54. The zero-order valence-electron chi connectivity index (χ0n) is 25.9. The van der Waals surface area contributed by atoms with Crippen LogP contribution in [0.5, 0.6) is 11.5 Å². The molecule has 1 aliphatic rings. The molecule has 45 heavy (non-hydrogen) atoms. The molecule has 0 aliphatic carbocycles. The summed E-state index contributed by atoms with van der Waals surface area (Å²) in [6, 6.07) is 26.0. The molecule has 1 N–H and O–H groups in total. The number of aromatic nitrogens is 1. The molecule has 3 aromatic carbocycles. The number of hydrogen-bond acceptors (Lipinski definition) is 7. The maximum atomic E-state index is 12.5. The number of fused-ring (bicyclic) bond motifs is 1. The summed E-state index contributed by atoms with van der Waals surface area (Å²) in [4.78, 5) is 17.1. The van der Waals surface area contributed by atoms with Gasteiger partial charge in [0.1, 0.15) is 24.7 Å². The Morgan fingerprint density at radius 1 is 0.933 bits per heavy atom. The van der Waals surface area contributed by atoms with Gasteiger partial charge in [-0.15, -0.1) is 11.3 Å². The van der Waals surface area contributed by atoms with Crippen LogP contribution in [0.1, 0.15) is 64.3 Å². The molecule has 0 spiro atoms. The second-order valence-corrected chi connectivity index (χ2v) is 12.8. The van der Waals surface area contributed by atoms with Gasteiger partial charge in [-0.25, -0.2) is 4.79 Å². The fourth-order valence-corrected chi connectivity index (χ4v) is 6.99. The first-order valence-corrected chi connectivity index (χ1v) is 16.3. The highest BCUT2D eigenvalue weighted by Crippen LogP contribution is 2.46. The largest absolute Gasteiger partial charge is 0.488 e. The Hall–Kier alpha value is -4.40. The molecule has 6 rings (SSSR count). The van der Waals surface area contributed by atoms with E-state index in [1.807, 2.05) is 72.8 Å². The minimum Gasteiger partial charge on any atom is -0.488 e. The Morgan fingerprint density at radius 3 is 2.20 bits per heavy atom. The normalized spacial score (nSPS) is 13.4. The zero-order valence-corrected chi connectivity index (χ0v) is 26.7. The van der Waals surface area contributed by atoms with Crippen LogP contribution >= 0.6 is 11.3 Å². The van der Waals surface area contributed by atoms with Crippen LogP contribution < -0.4 is 9.47 Å². The van der Waals surface area contributed by atoms with Crippen molar-refractivity contribution in [3.63, 3.8) is 0 Å². The molecule has 0 radical (unpaired) electrons. The van der Waals surface area contributed by atoms with Gasteiger partial charge in [-0.3, -0.25) is 0 Å². The van der Waals surface area contributed by atoms with Gasteiger partial charge in [0.25, 0.3) is 0 Å². The summed E-state index contributed by atoms with van der Waals surface area (Å²) in [5.41, 5.74) is 5.35. The molecule has 0 atom stereocenters. The number of carboxylic acids is 1. The summed E-state index contributed by atoms with van der Waals surface area (Å²) in [5, 5.41) is 14.3. The Labute approximate surface area is 268 Å². The molecule has 8 heteroatoms. The molecule has 0 saturated heterocycles. The summed E-state index contributed by atoms with van der Waals surface area (Å²) in [5.74, 6) is 0.626. The first-order valence-electron chi connectivity index (χ1n) is 15.5. The van der Waals surface area contributed by atoms with Gasteiger partial charge < -0.3 is 24.0 Å². The molecule has 0 saturated carbocycles. The van der Waals surface area contributed by atoms with Gasteiger partial charge in [-0.2, -0.15) is 0 Å². The van der Waals surface area contributed by atoms with Gasteiger partial charge in [-0.1, -0.05) is 86.6 Å². The average Bonchev–Trinajstić information content (AvgIpc) is 3.63. The molecule has 0 amide bonds. The average molecular weight is 623 g/mol. The van der Waals surface area contributed by atoms with E-state index in [1.54, 1.807) is 11.3 Å². The van der Waals surface area contributed by atoms with Crippen LogP contribution in [0.25, 0.3) is 21.8 Å². The molecule has 0 bridgehead atoms. The fraction of sp³-hybridized carbons (Fsp3) is 0.297. The van der Waals surface area contributed by atoms with Crippen LogP contribution in [0.2, 0.25) is 0 Å². The quantitative estimate of drug-likeness (QED) is 0.158. The smallest absolute Gasteiger partial charge is 0.358 e. The maximum Gasteiger partial charge on any atom is 0.358 e. The highest BCUT2D eigenvalue weighted by molar-refractivity contribution is 7.15. The molecule has 0 fully saturated rings. The van der Waals surface area contributed by atoms with Gasteiger partial charge >= 0.3 is 5.97 Å². The van der Waals surface area contributed by atoms with E-state index in [2.05, 4.69) is 36.9 Å². The van der Waals surface area contributed by atoms with Crippen molar-refractivity contribution in [2.24, 2.45) is 0 Å². The molecular formula is C37H38N2O5S. The van der Waals surface area contributed by atoms with Gasteiger partial charge in [0.05, 0.1) is 11.1 Å². The predicted molar refractivity (Wildman–Crippen MR) is 177 cm³/mol. The first kappa shape index (κ1) is 30.6. The number of rotatable bonds is 11. The number of hydrogen-bond donors (Lipinski definition) is 1. The van der Waals surface area contributed by atoms with Crippen LogP contribution in [0.15, 0.2) is 83.4 Å². The Bertz CT molecular complexity index is 1740. The molecule has 1 aliphatic heterocycles. The van der Waals surface area contributed by atoms with Crippen molar-refractivity contribution in [1.29, 1.82) is 0 Å². The van der Waals surface area contributed by atoms with E-state index < -0.39 is 5.97 Å². The molecule has 5 aromatic rings. The van der Waals surface area contributed by atoms with Crippen molar-refractivity contribution < 1.29 is 23.9 Å². The standard InChI is InChI=1S/C37H38N2O5S/c1-4-39-17-15-27-19-33(45-32(27)16-18-39)34-35(37(40)41)38-44-36(34)29-20-28(24(2)3)30(42-22-25-11-7-5-8-12-25)21-31(29)43-23-26-13-9-6-10-14-26/h5-14,19-21,24H,4,15-18,22-23H2,1-3H3,(H,40,41). The van der Waals surface area contributed by atoms with Crippen LogP contribution in [0, 0.1) is 0 Å². The lowest BCUT2D eigenvalue weighted by molar-refractivity contribution is 0.0686. The van der Waals surface area contributed by atoms with Crippen molar-refractivity contribution in [3.05, 3.63) is 112 Å². The molecule has 7 nitrogen and oxygen atoms in total. The number of carboxylic acid groups (broad SMARTS) is 1. The molecular weight excluding hydrogens is 584 g/mol. The monoisotopic (exact) mass is 622 g/mol. The van der Waals surface area contributed by atoms with Gasteiger partial charge in [0.15, 0.2) is 5.76 Å². The van der Waals surface area contributed by atoms with Crippen LogP contribution in [0.3, 0.4) is 0 Å². The fourth-order valence-electron chi connectivity index (χ4n) is 5.75. The lowest BCUT2D eigenvalue weighted by Gasteiger charge is -2.19. The minimum atomic E-state index is -1.13. The van der Waals surface area contributed by atoms with E-state index in [9.17, 15) is 9.90 Å². The lowest BCUT2D eigenvalue weighted by atomic mass is 9.95. The number of thiophene rings is 1.